The van der Waals surface area contributed by atoms with Crippen molar-refractivity contribution >= 4 is 49.4 Å². The molecule has 0 radical (unpaired) electrons. The van der Waals surface area contributed by atoms with Crippen molar-refractivity contribution in [2.24, 2.45) is 0 Å². The molecule has 0 unspecified atom stereocenters. The smallest absolute Gasteiger partial charge is 0.196 e. The van der Waals surface area contributed by atoms with Crippen LogP contribution in [0, 0.1) is 0 Å². The van der Waals surface area contributed by atoms with Crippen molar-refractivity contribution in [1.29, 1.82) is 0 Å². The van der Waals surface area contributed by atoms with Crippen molar-refractivity contribution in [2.75, 3.05) is 5.73 Å². The van der Waals surface area contributed by atoms with E-state index in [1.807, 2.05) is 12.1 Å². The van der Waals surface area contributed by atoms with Crippen LogP contribution in [0.5, 0.6) is 0 Å². The van der Waals surface area contributed by atoms with Crippen molar-refractivity contribution in [3.05, 3.63) is 33.5 Å². The van der Waals surface area contributed by atoms with Gasteiger partial charge in [0.1, 0.15) is 15.4 Å². The molecule has 16 heavy (non-hydrogen) atoms. The zero-order valence-corrected chi connectivity index (χ0v) is 11.9. The molecule has 0 spiro atoms. The Labute approximate surface area is 113 Å². The fourth-order valence-corrected chi connectivity index (χ4v) is 2.45. The molecule has 0 aliphatic heterocycles. The van der Waals surface area contributed by atoms with E-state index in [0.29, 0.717) is 15.6 Å². The maximum Gasteiger partial charge on any atom is 0.196 e. The van der Waals surface area contributed by atoms with Gasteiger partial charge in [-0.1, -0.05) is 0 Å². The van der Waals surface area contributed by atoms with Crippen LogP contribution >= 0.6 is 43.6 Å². The molecule has 0 aromatic carbocycles. The summed E-state index contributed by atoms with van der Waals surface area (Å²) in [5.74, 6) is 0.432. The van der Waals surface area contributed by atoms with Crippen molar-refractivity contribution in [3.8, 4) is 0 Å². The molecule has 2 N–H and O–H groups in total. The van der Waals surface area contributed by atoms with Gasteiger partial charge < -0.3 is 5.73 Å². The molecule has 82 valence electrons. The number of pyridine rings is 1. The summed E-state index contributed by atoms with van der Waals surface area (Å²) >= 11 is 7.95. The monoisotopic (exact) mass is 360 g/mol. The van der Waals surface area contributed by atoms with Gasteiger partial charge in [0.15, 0.2) is 5.16 Å². The van der Waals surface area contributed by atoms with Gasteiger partial charge in [-0.2, -0.15) is 0 Å². The van der Waals surface area contributed by atoms with Gasteiger partial charge in [0.2, 0.25) is 0 Å². The lowest BCUT2D eigenvalue weighted by molar-refractivity contribution is 0.951. The summed E-state index contributed by atoms with van der Waals surface area (Å²) in [4.78, 5) is 12.5. The predicted octanol–water partition coefficient (Wildman–Crippen LogP) is 3.13. The molecule has 0 aliphatic rings. The van der Waals surface area contributed by atoms with Gasteiger partial charge in [0.25, 0.3) is 0 Å². The molecule has 0 amide bonds. The molecule has 0 saturated carbocycles. The molecule has 2 rings (SSSR count). The standard InChI is InChI=1S/C9H6Br2N4S/c10-5-1-2-8(13-4-5)16-9-14-6(11)3-7(12)15-9/h1-4H,(H2,12,14,15). The molecule has 2 aromatic rings. The molecular formula is C9H6Br2N4S. The SMILES string of the molecule is Nc1cc(Br)nc(Sc2ccc(Br)cn2)n1. The minimum absolute atomic E-state index is 0.432. The van der Waals surface area contributed by atoms with Gasteiger partial charge in [0.05, 0.1) is 0 Å². The predicted molar refractivity (Wildman–Crippen MR) is 70.2 cm³/mol. The van der Waals surface area contributed by atoms with E-state index in [1.54, 1.807) is 12.3 Å². The first-order valence-corrected chi connectivity index (χ1v) is 6.63. The average Bonchev–Trinajstić information content (AvgIpc) is 2.20. The Balaban J connectivity index is 2.23. The zero-order chi connectivity index (χ0) is 11.5. The molecule has 0 atom stereocenters. The zero-order valence-electron chi connectivity index (χ0n) is 7.89. The molecule has 7 heteroatoms. The lowest BCUT2D eigenvalue weighted by Gasteiger charge is -2.01. The van der Waals surface area contributed by atoms with Crippen molar-refractivity contribution in [3.63, 3.8) is 0 Å². The Morgan fingerprint density at radius 2 is 2.00 bits per heavy atom. The minimum Gasteiger partial charge on any atom is -0.384 e. The Morgan fingerprint density at radius 3 is 2.62 bits per heavy atom. The van der Waals surface area contributed by atoms with Gasteiger partial charge in [-0.15, -0.1) is 0 Å². The fourth-order valence-electron chi connectivity index (χ4n) is 0.975. The number of halogens is 2. The van der Waals surface area contributed by atoms with E-state index in [9.17, 15) is 0 Å². The van der Waals surface area contributed by atoms with Crippen molar-refractivity contribution in [2.45, 2.75) is 10.2 Å². The van der Waals surface area contributed by atoms with Crippen LogP contribution in [0.15, 0.2) is 43.7 Å². The van der Waals surface area contributed by atoms with E-state index < -0.39 is 0 Å². The molecular weight excluding hydrogens is 356 g/mol. The third kappa shape index (κ3) is 3.16. The summed E-state index contributed by atoms with van der Waals surface area (Å²) < 4.78 is 1.60. The van der Waals surface area contributed by atoms with Crippen LogP contribution in [-0.2, 0) is 0 Å². The summed E-state index contributed by atoms with van der Waals surface area (Å²) in [6, 6.07) is 5.45. The van der Waals surface area contributed by atoms with Crippen LogP contribution in [0.25, 0.3) is 0 Å². The van der Waals surface area contributed by atoms with Crippen LogP contribution in [0.1, 0.15) is 0 Å². The van der Waals surface area contributed by atoms with Crippen LogP contribution in [0.4, 0.5) is 5.82 Å². The van der Waals surface area contributed by atoms with Crippen LogP contribution < -0.4 is 5.73 Å². The number of hydrogen-bond acceptors (Lipinski definition) is 5. The normalized spacial score (nSPS) is 10.4. The first-order valence-electron chi connectivity index (χ1n) is 4.23. The van der Waals surface area contributed by atoms with Crippen LogP contribution in [0.3, 0.4) is 0 Å². The number of nitrogen functional groups attached to an aromatic ring is 1. The molecule has 0 bridgehead atoms. The first-order chi connectivity index (χ1) is 7.63. The Morgan fingerprint density at radius 1 is 1.19 bits per heavy atom. The summed E-state index contributed by atoms with van der Waals surface area (Å²) in [5.41, 5.74) is 5.61. The highest BCUT2D eigenvalue weighted by Crippen LogP contribution is 2.25. The number of hydrogen-bond donors (Lipinski definition) is 1. The highest BCUT2D eigenvalue weighted by Gasteiger charge is 2.04. The largest absolute Gasteiger partial charge is 0.384 e. The summed E-state index contributed by atoms with van der Waals surface area (Å²) in [6.07, 6.45) is 1.73. The Hall–Kier alpha value is -0.660. The van der Waals surface area contributed by atoms with Gasteiger partial charge >= 0.3 is 0 Å². The summed E-state index contributed by atoms with van der Waals surface area (Å²) in [5, 5.41) is 1.39. The number of anilines is 1. The van der Waals surface area contributed by atoms with E-state index in [0.717, 1.165) is 9.50 Å². The fraction of sp³-hybridized carbons (Fsp3) is 0. The Kier molecular flexibility index (Phi) is 3.78. The molecule has 0 saturated heterocycles. The van der Waals surface area contributed by atoms with E-state index in [1.165, 1.54) is 11.8 Å². The molecule has 0 aliphatic carbocycles. The van der Waals surface area contributed by atoms with Crippen LogP contribution in [-0.4, -0.2) is 15.0 Å². The second-order valence-electron chi connectivity index (χ2n) is 2.81. The van der Waals surface area contributed by atoms with Gasteiger partial charge in [0, 0.05) is 16.7 Å². The topological polar surface area (TPSA) is 64.7 Å². The van der Waals surface area contributed by atoms with Crippen molar-refractivity contribution < 1.29 is 0 Å². The third-order valence-electron chi connectivity index (χ3n) is 1.59. The van der Waals surface area contributed by atoms with Gasteiger partial charge in [-0.25, -0.2) is 15.0 Å². The third-order valence-corrected chi connectivity index (χ3v) is 3.28. The highest BCUT2D eigenvalue weighted by molar-refractivity contribution is 9.10. The lowest BCUT2D eigenvalue weighted by Crippen LogP contribution is -1.95. The first kappa shape index (κ1) is 11.8. The summed E-state index contributed by atoms with van der Waals surface area (Å²) in [6.45, 7) is 0. The maximum absolute atomic E-state index is 5.61. The van der Waals surface area contributed by atoms with E-state index in [4.69, 9.17) is 5.73 Å². The van der Waals surface area contributed by atoms with E-state index in [2.05, 4.69) is 46.8 Å². The number of aromatic nitrogens is 3. The van der Waals surface area contributed by atoms with E-state index >= 15 is 0 Å². The highest BCUT2D eigenvalue weighted by atomic mass is 79.9. The minimum atomic E-state index is 0.432. The second kappa shape index (κ2) is 5.11. The van der Waals surface area contributed by atoms with Gasteiger partial charge in [-0.3, -0.25) is 0 Å². The quantitative estimate of drug-likeness (QED) is 0.657. The van der Waals surface area contributed by atoms with Crippen molar-refractivity contribution in [1.82, 2.24) is 15.0 Å². The molecule has 0 fully saturated rings. The molecule has 2 heterocycles. The summed E-state index contributed by atoms with van der Waals surface area (Å²) in [7, 11) is 0. The van der Waals surface area contributed by atoms with Gasteiger partial charge in [-0.05, 0) is 55.8 Å². The lowest BCUT2D eigenvalue weighted by atomic mass is 10.5. The number of rotatable bonds is 2. The van der Waals surface area contributed by atoms with Crippen LogP contribution in [0.2, 0.25) is 0 Å². The second-order valence-corrected chi connectivity index (χ2v) is 5.53. The molecule has 4 nitrogen and oxygen atoms in total. The number of nitrogens with zero attached hydrogens (tertiary/aromatic N) is 3. The molecule has 2 aromatic heterocycles. The Bertz CT molecular complexity index is 483. The maximum atomic E-state index is 5.61. The van der Waals surface area contributed by atoms with E-state index in [-0.39, 0.29) is 0 Å². The average molecular weight is 362 g/mol. The number of nitrogens with two attached hydrogens (primary N) is 1.